The van der Waals surface area contributed by atoms with Crippen molar-refractivity contribution in [1.82, 2.24) is 9.80 Å². The summed E-state index contributed by atoms with van der Waals surface area (Å²) in [5.74, 6) is 0.560. The van der Waals surface area contributed by atoms with Gasteiger partial charge in [-0.1, -0.05) is 0 Å². The molecule has 0 aromatic heterocycles. The van der Waals surface area contributed by atoms with Crippen molar-refractivity contribution in [2.24, 2.45) is 9.98 Å². The van der Waals surface area contributed by atoms with Gasteiger partial charge in [0.15, 0.2) is 5.82 Å². The maximum Gasteiger partial charge on any atom is 0.220 e. The van der Waals surface area contributed by atoms with Gasteiger partial charge in [-0.25, -0.2) is 9.98 Å². The van der Waals surface area contributed by atoms with Gasteiger partial charge in [0.2, 0.25) is 6.41 Å². The molecule has 0 spiro atoms. The van der Waals surface area contributed by atoms with Gasteiger partial charge in [-0.3, -0.25) is 9.69 Å². The Labute approximate surface area is 70.7 Å². The summed E-state index contributed by atoms with van der Waals surface area (Å²) in [6, 6.07) is 0. The Bertz CT molecular complexity index is 254. The SMILES string of the molecule is CN(C)/C=C1/N=CN=CN1C=O. The zero-order valence-corrected chi connectivity index (χ0v) is 7.01. The second-order valence-corrected chi connectivity index (χ2v) is 2.47. The molecule has 12 heavy (non-hydrogen) atoms. The summed E-state index contributed by atoms with van der Waals surface area (Å²) in [5.41, 5.74) is 0. The molecule has 0 bridgehead atoms. The third-order valence-electron chi connectivity index (χ3n) is 1.20. The molecule has 1 heterocycles. The molecule has 0 atom stereocenters. The van der Waals surface area contributed by atoms with Crippen LogP contribution in [-0.4, -0.2) is 43.0 Å². The van der Waals surface area contributed by atoms with Crippen LogP contribution in [0.25, 0.3) is 0 Å². The summed E-state index contributed by atoms with van der Waals surface area (Å²) < 4.78 is 0. The number of hydrogen-bond acceptors (Lipinski definition) is 4. The summed E-state index contributed by atoms with van der Waals surface area (Å²) >= 11 is 0. The van der Waals surface area contributed by atoms with Crippen molar-refractivity contribution in [3.63, 3.8) is 0 Å². The van der Waals surface area contributed by atoms with E-state index in [2.05, 4.69) is 9.98 Å². The Kier molecular flexibility index (Phi) is 2.57. The number of rotatable bonds is 2. The fraction of sp³-hybridized carbons (Fsp3) is 0.286. The Morgan fingerprint density at radius 1 is 1.58 bits per heavy atom. The van der Waals surface area contributed by atoms with Crippen LogP contribution >= 0.6 is 0 Å². The van der Waals surface area contributed by atoms with Crippen molar-refractivity contribution in [3.8, 4) is 0 Å². The minimum absolute atomic E-state index is 0.560. The number of nitrogens with zero attached hydrogens (tertiary/aromatic N) is 4. The van der Waals surface area contributed by atoms with E-state index in [1.807, 2.05) is 19.0 Å². The largest absolute Gasteiger partial charge is 0.381 e. The molecule has 0 aromatic rings. The minimum Gasteiger partial charge on any atom is -0.381 e. The molecule has 5 nitrogen and oxygen atoms in total. The van der Waals surface area contributed by atoms with E-state index >= 15 is 0 Å². The predicted molar refractivity (Wildman–Crippen MR) is 46.7 cm³/mol. The quantitative estimate of drug-likeness (QED) is 0.537. The van der Waals surface area contributed by atoms with Crippen molar-refractivity contribution in [1.29, 1.82) is 0 Å². The highest BCUT2D eigenvalue weighted by Gasteiger charge is 2.06. The number of amides is 1. The van der Waals surface area contributed by atoms with Crippen LogP contribution in [0.2, 0.25) is 0 Å². The van der Waals surface area contributed by atoms with Gasteiger partial charge < -0.3 is 4.90 Å². The molecule has 0 aliphatic carbocycles. The molecule has 5 heteroatoms. The summed E-state index contributed by atoms with van der Waals surface area (Å²) in [6.45, 7) is 0. The average Bonchev–Trinajstić information content (AvgIpc) is 2.04. The third kappa shape index (κ3) is 1.91. The highest BCUT2D eigenvalue weighted by Crippen LogP contribution is 2.04. The van der Waals surface area contributed by atoms with E-state index in [4.69, 9.17) is 0 Å². The third-order valence-corrected chi connectivity index (χ3v) is 1.20. The summed E-state index contributed by atoms with van der Waals surface area (Å²) in [4.78, 5) is 21.2. The summed E-state index contributed by atoms with van der Waals surface area (Å²) in [7, 11) is 3.72. The molecule has 64 valence electrons. The molecule has 1 aliphatic rings. The first-order chi connectivity index (χ1) is 5.74. The van der Waals surface area contributed by atoms with E-state index in [0.717, 1.165) is 0 Å². The normalized spacial score (nSPS) is 18.5. The van der Waals surface area contributed by atoms with Gasteiger partial charge in [0, 0.05) is 20.3 Å². The molecule has 1 amide bonds. The smallest absolute Gasteiger partial charge is 0.220 e. The lowest BCUT2D eigenvalue weighted by atomic mass is 10.6. The van der Waals surface area contributed by atoms with Crippen molar-refractivity contribution in [2.75, 3.05) is 14.1 Å². The fourth-order valence-corrected chi connectivity index (χ4v) is 0.732. The maximum atomic E-state index is 10.5. The zero-order valence-electron chi connectivity index (χ0n) is 7.01. The topological polar surface area (TPSA) is 48.3 Å². The Balaban J connectivity index is 2.82. The molecule has 1 rings (SSSR count). The monoisotopic (exact) mass is 166 g/mol. The first-order valence-electron chi connectivity index (χ1n) is 3.42. The zero-order chi connectivity index (χ0) is 8.97. The Morgan fingerprint density at radius 3 is 2.92 bits per heavy atom. The van der Waals surface area contributed by atoms with Crippen LogP contribution in [0.1, 0.15) is 0 Å². The van der Waals surface area contributed by atoms with Gasteiger partial charge in [0.25, 0.3) is 0 Å². The fourth-order valence-electron chi connectivity index (χ4n) is 0.732. The van der Waals surface area contributed by atoms with E-state index in [1.165, 1.54) is 17.6 Å². The second-order valence-electron chi connectivity index (χ2n) is 2.47. The standard InChI is InChI=1S/C7H10N4O/c1-10(2)3-7-9-4-8-5-11(7)6-12/h3-6H,1-2H3/b7-3-. The van der Waals surface area contributed by atoms with Gasteiger partial charge in [0.05, 0.1) is 0 Å². The molecule has 0 saturated carbocycles. The second kappa shape index (κ2) is 3.66. The molecule has 0 N–H and O–H groups in total. The van der Waals surface area contributed by atoms with Crippen LogP contribution in [0.4, 0.5) is 0 Å². The minimum atomic E-state index is 0.560. The van der Waals surface area contributed by atoms with Crippen LogP contribution in [0.3, 0.4) is 0 Å². The highest BCUT2D eigenvalue weighted by molar-refractivity contribution is 5.84. The van der Waals surface area contributed by atoms with Gasteiger partial charge in [0.1, 0.15) is 12.7 Å². The molecular weight excluding hydrogens is 156 g/mol. The number of carbonyl (C=O) groups is 1. The molecule has 0 radical (unpaired) electrons. The highest BCUT2D eigenvalue weighted by atomic mass is 16.1. The first kappa shape index (κ1) is 8.45. The molecule has 0 saturated heterocycles. The molecule has 0 fully saturated rings. The maximum absolute atomic E-state index is 10.5. The summed E-state index contributed by atoms with van der Waals surface area (Å²) in [5, 5.41) is 0. The van der Waals surface area contributed by atoms with Crippen molar-refractivity contribution < 1.29 is 4.79 Å². The summed E-state index contributed by atoms with van der Waals surface area (Å²) in [6.07, 6.45) is 5.20. The lowest BCUT2D eigenvalue weighted by molar-refractivity contribution is -0.113. The predicted octanol–water partition coefficient (Wildman–Crippen LogP) is -0.125. The van der Waals surface area contributed by atoms with Crippen molar-refractivity contribution >= 4 is 19.1 Å². The molecule has 0 aromatic carbocycles. The van der Waals surface area contributed by atoms with E-state index < -0.39 is 0 Å². The lowest BCUT2D eigenvalue weighted by Gasteiger charge is -2.15. The number of carbonyl (C=O) groups excluding carboxylic acids is 1. The van der Waals surface area contributed by atoms with E-state index in [1.54, 1.807) is 6.20 Å². The van der Waals surface area contributed by atoms with Crippen LogP contribution in [0.15, 0.2) is 22.0 Å². The van der Waals surface area contributed by atoms with Crippen LogP contribution in [0.5, 0.6) is 0 Å². The molecule has 0 unspecified atom stereocenters. The molecular formula is C7H10N4O. The first-order valence-corrected chi connectivity index (χ1v) is 3.42. The van der Waals surface area contributed by atoms with Crippen LogP contribution in [0, 0.1) is 0 Å². The van der Waals surface area contributed by atoms with E-state index in [-0.39, 0.29) is 0 Å². The van der Waals surface area contributed by atoms with Crippen LogP contribution < -0.4 is 0 Å². The lowest BCUT2D eigenvalue weighted by Crippen LogP contribution is -2.22. The van der Waals surface area contributed by atoms with Gasteiger partial charge in [-0.15, -0.1) is 0 Å². The van der Waals surface area contributed by atoms with Gasteiger partial charge >= 0.3 is 0 Å². The van der Waals surface area contributed by atoms with Crippen molar-refractivity contribution in [3.05, 3.63) is 12.0 Å². The average molecular weight is 166 g/mol. The van der Waals surface area contributed by atoms with E-state index in [0.29, 0.717) is 12.2 Å². The van der Waals surface area contributed by atoms with Crippen molar-refractivity contribution in [2.45, 2.75) is 0 Å². The number of aliphatic imine (C=N–C) groups is 2. The van der Waals surface area contributed by atoms with Crippen LogP contribution in [-0.2, 0) is 4.79 Å². The number of hydrogen-bond donors (Lipinski definition) is 0. The van der Waals surface area contributed by atoms with Gasteiger partial charge in [-0.05, 0) is 0 Å². The van der Waals surface area contributed by atoms with Gasteiger partial charge in [-0.2, -0.15) is 0 Å². The molecule has 1 aliphatic heterocycles. The van der Waals surface area contributed by atoms with E-state index in [9.17, 15) is 4.79 Å². The Hall–Kier alpha value is -1.65. The Morgan fingerprint density at radius 2 is 2.33 bits per heavy atom.